The molecule has 1 rings (SSSR count). The van der Waals surface area contributed by atoms with Crippen molar-refractivity contribution in [2.45, 2.75) is 13.8 Å². The first-order valence-corrected chi connectivity index (χ1v) is 6.41. The van der Waals surface area contributed by atoms with Gasteiger partial charge in [-0.2, -0.15) is 5.26 Å². The van der Waals surface area contributed by atoms with Crippen molar-refractivity contribution in [2.75, 3.05) is 18.4 Å². The molecule has 1 aromatic carbocycles. The molecule has 0 aliphatic carbocycles. The van der Waals surface area contributed by atoms with Crippen LogP contribution >= 0.6 is 11.6 Å². The van der Waals surface area contributed by atoms with Gasteiger partial charge in [0, 0.05) is 30.0 Å². The Morgan fingerprint density at radius 1 is 1.47 bits per heavy atom. The van der Waals surface area contributed by atoms with Crippen molar-refractivity contribution in [1.29, 1.82) is 5.26 Å². The number of nitriles is 1. The van der Waals surface area contributed by atoms with E-state index in [-0.39, 0.29) is 5.57 Å². The Balaban J connectivity index is 2.83. The van der Waals surface area contributed by atoms with Gasteiger partial charge in [-0.3, -0.25) is 4.79 Å². The highest BCUT2D eigenvalue weighted by Gasteiger charge is 2.10. The molecule has 19 heavy (non-hydrogen) atoms. The second-order valence-corrected chi connectivity index (χ2v) is 4.28. The average Bonchev–Trinajstić information content (AvgIpc) is 2.40. The van der Waals surface area contributed by atoms with Crippen LogP contribution in [0, 0.1) is 11.3 Å². The first-order chi connectivity index (χ1) is 9.10. The van der Waals surface area contributed by atoms with Crippen molar-refractivity contribution in [2.24, 2.45) is 0 Å². The van der Waals surface area contributed by atoms with Gasteiger partial charge in [-0.15, -0.1) is 0 Å². The number of carbonyl (C=O) groups excluding carboxylic acids is 1. The largest absolute Gasteiger partial charge is 0.377 e. The summed E-state index contributed by atoms with van der Waals surface area (Å²) in [5.41, 5.74) is 0.641. The number of carbonyl (C=O) groups is 1. The van der Waals surface area contributed by atoms with Gasteiger partial charge in [-0.1, -0.05) is 17.7 Å². The van der Waals surface area contributed by atoms with Gasteiger partial charge in [0.15, 0.2) is 0 Å². The van der Waals surface area contributed by atoms with E-state index in [0.29, 0.717) is 10.7 Å². The molecule has 0 aliphatic heterocycles. The van der Waals surface area contributed by atoms with Gasteiger partial charge in [-0.05, 0) is 32.0 Å². The van der Waals surface area contributed by atoms with Crippen molar-refractivity contribution < 1.29 is 4.79 Å². The normalized spacial score (nSPS) is 10.7. The minimum Gasteiger partial charge on any atom is -0.377 e. The van der Waals surface area contributed by atoms with Crippen LogP contribution in [0.25, 0.3) is 0 Å². The van der Waals surface area contributed by atoms with Crippen molar-refractivity contribution >= 4 is 23.2 Å². The summed E-state index contributed by atoms with van der Waals surface area (Å²) in [4.78, 5) is 13.8. The predicted octanol–water partition coefficient (Wildman–Crippen LogP) is 3.03. The van der Waals surface area contributed by atoms with Crippen LogP contribution in [-0.2, 0) is 4.79 Å². The highest BCUT2D eigenvalue weighted by atomic mass is 35.5. The van der Waals surface area contributed by atoms with E-state index in [4.69, 9.17) is 16.9 Å². The third-order valence-corrected chi connectivity index (χ3v) is 2.81. The maximum Gasteiger partial charge on any atom is 0.267 e. The van der Waals surface area contributed by atoms with E-state index >= 15 is 0 Å². The third-order valence-electron chi connectivity index (χ3n) is 2.57. The Labute approximate surface area is 118 Å². The van der Waals surface area contributed by atoms with Gasteiger partial charge in [0.05, 0.1) is 0 Å². The summed E-state index contributed by atoms with van der Waals surface area (Å²) < 4.78 is 0. The minimum absolute atomic E-state index is 0.0728. The minimum atomic E-state index is -0.434. The zero-order valence-corrected chi connectivity index (χ0v) is 11.7. The smallest absolute Gasteiger partial charge is 0.267 e. The molecule has 1 aromatic rings. The second-order valence-electron chi connectivity index (χ2n) is 3.84. The molecule has 4 nitrogen and oxygen atoms in total. The summed E-state index contributed by atoms with van der Waals surface area (Å²) in [6, 6.07) is 8.71. The number of rotatable bonds is 5. The number of halogens is 1. The topological polar surface area (TPSA) is 56.1 Å². The fourth-order valence-corrected chi connectivity index (χ4v) is 1.68. The molecule has 0 aromatic heterocycles. The quantitative estimate of drug-likeness (QED) is 0.665. The second kappa shape index (κ2) is 7.45. The van der Waals surface area contributed by atoms with Crippen LogP contribution in [0.1, 0.15) is 13.8 Å². The van der Waals surface area contributed by atoms with Crippen molar-refractivity contribution in [1.82, 2.24) is 4.90 Å². The highest BCUT2D eigenvalue weighted by molar-refractivity contribution is 6.31. The summed E-state index contributed by atoms with van der Waals surface area (Å²) in [7, 11) is 0. The van der Waals surface area contributed by atoms with Gasteiger partial charge < -0.3 is 10.2 Å². The molecule has 5 heteroatoms. The lowest BCUT2D eigenvalue weighted by Gasteiger charge is -2.15. The number of benzene rings is 1. The van der Waals surface area contributed by atoms with E-state index in [1.54, 1.807) is 30.5 Å². The molecule has 0 spiro atoms. The van der Waals surface area contributed by atoms with Crippen LogP contribution in [-0.4, -0.2) is 23.9 Å². The molecule has 1 amide bonds. The summed E-state index contributed by atoms with van der Waals surface area (Å²) in [6.07, 6.45) is 1.57. The standard InChI is InChI=1S/C14H16ClN3O/c1-3-18(4-2)10-11(9-16)14(19)17-13-7-5-6-12(15)8-13/h5-8,10H,3-4H2,1-2H3,(H,17,19)/b11-10-. The first-order valence-electron chi connectivity index (χ1n) is 6.03. The van der Waals surface area contributed by atoms with Crippen LogP contribution in [0.15, 0.2) is 36.0 Å². The Bertz CT molecular complexity index is 516. The lowest BCUT2D eigenvalue weighted by molar-refractivity contribution is -0.112. The molecule has 0 radical (unpaired) electrons. The number of nitrogens with one attached hydrogen (secondary N) is 1. The molecule has 0 atom stereocenters. The predicted molar refractivity (Wildman–Crippen MR) is 76.7 cm³/mol. The van der Waals surface area contributed by atoms with Crippen LogP contribution in [0.5, 0.6) is 0 Å². The maximum absolute atomic E-state index is 12.0. The molecule has 100 valence electrons. The number of nitrogens with zero attached hydrogens (tertiary/aromatic N) is 2. The lowest BCUT2D eigenvalue weighted by atomic mass is 10.2. The number of amides is 1. The number of anilines is 1. The Hall–Kier alpha value is -1.99. The number of hydrogen-bond acceptors (Lipinski definition) is 3. The van der Waals surface area contributed by atoms with Gasteiger partial charge in [-0.25, -0.2) is 0 Å². The van der Waals surface area contributed by atoms with Gasteiger partial charge in [0.2, 0.25) is 0 Å². The average molecular weight is 278 g/mol. The Kier molecular flexibility index (Phi) is 5.91. The summed E-state index contributed by atoms with van der Waals surface area (Å²) in [5.74, 6) is -0.434. The van der Waals surface area contributed by atoms with E-state index in [1.807, 2.05) is 24.8 Å². The van der Waals surface area contributed by atoms with Gasteiger partial charge >= 0.3 is 0 Å². The molecule has 0 bridgehead atoms. The monoisotopic (exact) mass is 277 g/mol. The van der Waals surface area contributed by atoms with Crippen LogP contribution in [0.4, 0.5) is 5.69 Å². The zero-order chi connectivity index (χ0) is 14.3. The molecule has 0 saturated carbocycles. The molecule has 0 fully saturated rings. The summed E-state index contributed by atoms with van der Waals surface area (Å²) >= 11 is 5.83. The number of hydrogen-bond donors (Lipinski definition) is 1. The molecule has 1 N–H and O–H groups in total. The lowest BCUT2D eigenvalue weighted by Crippen LogP contribution is -2.20. The van der Waals surface area contributed by atoms with E-state index in [2.05, 4.69) is 5.32 Å². The highest BCUT2D eigenvalue weighted by Crippen LogP contribution is 2.15. The zero-order valence-electron chi connectivity index (χ0n) is 11.0. The fourth-order valence-electron chi connectivity index (χ4n) is 1.49. The van der Waals surface area contributed by atoms with E-state index < -0.39 is 5.91 Å². The molecular formula is C14H16ClN3O. The molecule has 0 saturated heterocycles. The van der Waals surface area contributed by atoms with Crippen LogP contribution in [0.3, 0.4) is 0 Å². The third kappa shape index (κ3) is 4.65. The molecule has 0 heterocycles. The molecular weight excluding hydrogens is 262 g/mol. The van der Waals surface area contributed by atoms with Crippen LogP contribution < -0.4 is 5.32 Å². The Morgan fingerprint density at radius 3 is 2.68 bits per heavy atom. The SMILES string of the molecule is CCN(/C=C(/C#N)C(=O)Nc1cccc(Cl)c1)CC. The van der Waals surface area contributed by atoms with E-state index in [9.17, 15) is 4.79 Å². The van der Waals surface area contributed by atoms with Crippen molar-refractivity contribution in [3.63, 3.8) is 0 Å². The Morgan fingerprint density at radius 2 is 2.16 bits per heavy atom. The van der Waals surface area contributed by atoms with Gasteiger partial charge in [0.1, 0.15) is 11.6 Å². The van der Waals surface area contributed by atoms with E-state index in [0.717, 1.165) is 13.1 Å². The summed E-state index contributed by atoms with van der Waals surface area (Å²) in [5, 5.41) is 12.2. The fraction of sp³-hybridized carbons (Fsp3) is 0.286. The summed E-state index contributed by atoms with van der Waals surface area (Å²) in [6.45, 7) is 5.41. The van der Waals surface area contributed by atoms with Gasteiger partial charge in [0.25, 0.3) is 5.91 Å². The maximum atomic E-state index is 12.0. The molecule has 0 unspecified atom stereocenters. The van der Waals surface area contributed by atoms with E-state index in [1.165, 1.54) is 0 Å². The molecule has 0 aliphatic rings. The van der Waals surface area contributed by atoms with Crippen LogP contribution in [0.2, 0.25) is 5.02 Å². The first kappa shape index (κ1) is 15.1. The van der Waals surface area contributed by atoms with Crippen molar-refractivity contribution in [3.8, 4) is 6.07 Å². The van der Waals surface area contributed by atoms with Crippen molar-refractivity contribution in [3.05, 3.63) is 41.1 Å².